The monoisotopic (exact) mass is 184 g/mol. The first kappa shape index (κ1) is 9.17. The molecule has 7 heteroatoms. The van der Waals surface area contributed by atoms with Crippen LogP contribution in [0.3, 0.4) is 0 Å². The van der Waals surface area contributed by atoms with Crippen LogP contribution in [0.1, 0.15) is 0 Å². The standard InChI is InChI=1S/C6H8N4O3/c1-8(2)6(11)9-3-5(7-4-9)10(12)13/h3-4H,1-2H3. The summed E-state index contributed by atoms with van der Waals surface area (Å²) >= 11 is 0. The lowest BCUT2D eigenvalue weighted by molar-refractivity contribution is -0.389. The van der Waals surface area contributed by atoms with Gasteiger partial charge in [-0.2, -0.15) is 0 Å². The van der Waals surface area contributed by atoms with Gasteiger partial charge >= 0.3 is 11.8 Å². The van der Waals surface area contributed by atoms with Gasteiger partial charge in [-0.05, 0) is 9.91 Å². The molecule has 0 radical (unpaired) electrons. The van der Waals surface area contributed by atoms with Crippen molar-refractivity contribution >= 4 is 11.8 Å². The summed E-state index contributed by atoms with van der Waals surface area (Å²) < 4.78 is 1.05. The molecule has 1 aromatic rings. The van der Waals surface area contributed by atoms with Crippen molar-refractivity contribution in [3.63, 3.8) is 0 Å². The average molecular weight is 184 g/mol. The van der Waals surface area contributed by atoms with Crippen molar-refractivity contribution in [3.05, 3.63) is 22.6 Å². The van der Waals surface area contributed by atoms with E-state index in [4.69, 9.17) is 0 Å². The molecule has 0 spiro atoms. The molecule has 0 unspecified atom stereocenters. The molecule has 1 aromatic heterocycles. The highest BCUT2D eigenvalue weighted by Gasteiger charge is 2.15. The zero-order chi connectivity index (χ0) is 10.0. The van der Waals surface area contributed by atoms with Crippen LogP contribution < -0.4 is 0 Å². The van der Waals surface area contributed by atoms with Gasteiger partial charge in [-0.15, -0.1) is 0 Å². The number of carbonyl (C=O) groups is 1. The van der Waals surface area contributed by atoms with Crippen LogP contribution in [-0.4, -0.2) is 39.5 Å². The Hall–Kier alpha value is -1.92. The molecule has 13 heavy (non-hydrogen) atoms. The Morgan fingerprint density at radius 3 is 2.69 bits per heavy atom. The average Bonchev–Trinajstić information content (AvgIpc) is 2.50. The van der Waals surface area contributed by atoms with Crippen LogP contribution in [0.25, 0.3) is 0 Å². The van der Waals surface area contributed by atoms with E-state index in [1.54, 1.807) is 14.1 Å². The molecule has 0 aromatic carbocycles. The van der Waals surface area contributed by atoms with Gasteiger partial charge in [0.2, 0.25) is 6.33 Å². The Kier molecular flexibility index (Phi) is 2.27. The van der Waals surface area contributed by atoms with Gasteiger partial charge in [-0.3, -0.25) is 0 Å². The first-order chi connectivity index (χ1) is 6.02. The lowest BCUT2D eigenvalue weighted by Crippen LogP contribution is -2.26. The fourth-order valence-corrected chi connectivity index (χ4v) is 0.742. The van der Waals surface area contributed by atoms with E-state index < -0.39 is 4.92 Å². The van der Waals surface area contributed by atoms with E-state index in [1.807, 2.05) is 0 Å². The van der Waals surface area contributed by atoms with Crippen LogP contribution in [0.4, 0.5) is 10.6 Å². The van der Waals surface area contributed by atoms with Crippen molar-refractivity contribution in [2.24, 2.45) is 0 Å². The van der Waals surface area contributed by atoms with E-state index in [9.17, 15) is 14.9 Å². The third kappa shape index (κ3) is 1.81. The summed E-state index contributed by atoms with van der Waals surface area (Å²) in [5, 5.41) is 10.2. The molecular formula is C6H8N4O3. The Morgan fingerprint density at radius 2 is 2.31 bits per heavy atom. The SMILES string of the molecule is CN(C)C(=O)n1cnc([N+](=O)[O-])c1. The maximum atomic E-state index is 11.2. The highest BCUT2D eigenvalue weighted by molar-refractivity contribution is 5.76. The van der Waals surface area contributed by atoms with Crippen LogP contribution in [0.15, 0.2) is 12.5 Å². The van der Waals surface area contributed by atoms with Crippen molar-refractivity contribution in [3.8, 4) is 0 Å². The van der Waals surface area contributed by atoms with Crippen molar-refractivity contribution in [1.82, 2.24) is 14.5 Å². The number of hydrogen-bond donors (Lipinski definition) is 0. The summed E-state index contributed by atoms with van der Waals surface area (Å²) in [6.45, 7) is 0. The van der Waals surface area contributed by atoms with E-state index >= 15 is 0 Å². The van der Waals surface area contributed by atoms with E-state index in [0.29, 0.717) is 0 Å². The van der Waals surface area contributed by atoms with E-state index in [1.165, 1.54) is 4.90 Å². The number of rotatable bonds is 1. The van der Waals surface area contributed by atoms with Gasteiger partial charge in [0.1, 0.15) is 6.20 Å². The molecule has 1 heterocycles. The second kappa shape index (κ2) is 3.21. The lowest BCUT2D eigenvalue weighted by Gasteiger charge is -2.07. The minimum Gasteiger partial charge on any atom is -0.358 e. The molecule has 7 nitrogen and oxygen atoms in total. The molecule has 0 atom stereocenters. The highest BCUT2D eigenvalue weighted by atomic mass is 16.6. The van der Waals surface area contributed by atoms with Crippen LogP contribution in [0.5, 0.6) is 0 Å². The number of hydrogen-bond acceptors (Lipinski definition) is 4. The quantitative estimate of drug-likeness (QED) is 0.465. The smallest absolute Gasteiger partial charge is 0.358 e. The second-order valence-electron chi connectivity index (χ2n) is 2.57. The van der Waals surface area contributed by atoms with Gasteiger partial charge in [-0.25, -0.2) is 9.36 Å². The number of amides is 1. The van der Waals surface area contributed by atoms with E-state index in [0.717, 1.165) is 17.1 Å². The van der Waals surface area contributed by atoms with Crippen LogP contribution in [0.2, 0.25) is 0 Å². The zero-order valence-corrected chi connectivity index (χ0v) is 7.17. The van der Waals surface area contributed by atoms with Crippen molar-refractivity contribution in [2.45, 2.75) is 0 Å². The van der Waals surface area contributed by atoms with Gasteiger partial charge in [0.05, 0.1) is 0 Å². The van der Waals surface area contributed by atoms with Gasteiger partial charge in [0, 0.05) is 14.1 Å². The highest BCUT2D eigenvalue weighted by Crippen LogP contribution is 2.05. The normalized spacial score (nSPS) is 9.69. The fourth-order valence-electron chi connectivity index (χ4n) is 0.742. The second-order valence-corrected chi connectivity index (χ2v) is 2.57. The van der Waals surface area contributed by atoms with E-state index in [2.05, 4.69) is 4.98 Å². The Bertz CT molecular complexity index is 343. The molecule has 0 fully saturated rings. The van der Waals surface area contributed by atoms with Gasteiger partial charge in [0.25, 0.3) is 0 Å². The molecule has 0 aliphatic rings. The molecule has 1 amide bonds. The van der Waals surface area contributed by atoms with Gasteiger partial charge < -0.3 is 15.0 Å². The minimum absolute atomic E-state index is 0.338. The Balaban J connectivity index is 2.92. The third-order valence-corrected chi connectivity index (χ3v) is 1.36. The molecule has 0 bridgehead atoms. The predicted molar refractivity (Wildman–Crippen MR) is 43.4 cm³/mol. The van der Waals surface area contributed by atoms with Crippen molar-refractivity contribution in [2.75, 3.05) is 14.1 Å². The number of nitrogens with zero attached hydrogens (tertiary/aromatic N) is 4. The molecule has 1 rings (SSSR count). The zero-order valence-electron chi connectivity index (χ0n) is 7.17. The fraction of sp³-hybridized carbons (Fsp3) is 0.333. The summed E-state index contributed by atoms with van der Waals surface area (Å²) in [6.07, 6.45) is 2.18. The molecule has 0 saturated carbocycles. The number of nitro groups is 1. The van der Waals surface area contributed by atoms with E-state index in [-0.39, 0.29) is 11.8 Å². The van der Waals surface area contributed by atoms with Crippen molar-refractivity contribution < 1.29 is 9.72 Å². The third-order valence-electron chi connectivity index (χ3n) is 1.36. The molecule has 0 N–H and O–H groups in total. The van der Waals surface area contributed by atoms with Gasteiger partial charge in [-0.1, -0.05) is 0 Å². The van der Waals surface area contributed by atoms with Crippen LogP contribution >= 0.6 is 0 Å². The van der Waals surface area contributed by atoms with Crippen molar-refractivity contribution in [1.29, 1.82) is 0 Å². The largest absolute Gasteiger partial charge is 0.382 e. The lowest BCUT2D eigenvalue weighted by atomic mass is 10.7. The molecule has 0 saturated heterocycles. The minimum atomic E-state index is -0.653. The molecular weight excluding hydrogens is 176 g/mol. The number of aromatic nitrogens is 2. The summed E-state index contributed by atoms with van der Waals surface area (Å²) in [5.74, 6) is -0.338. The summed E-state index contributed by atoms with van der Waals surface area (Å²) in [5.41, 5.74) is 0. The molecule has 70 valence electrons. The summed E-state index contributed by atoms with van der Waals surface area (Å²) in [6, 6.07) is -0.374. The number of carbonyl (C=O) groups excluding carboxylic acids is 1. The molecule has 0 aliphatic heterocycles. The maximum absolute atomic E-state index is 11.2. The Labute approximate surface area is 73.7 Å². The first-order valence-corrected chi connectivity index (χ1v) is 3.42. The summed E-state index contributed by atoms with van der Waals surface area (Å²) in [4.78, 5) is 25.5. The van der Waals surface area contributed by atoms with Crippen LogP contribution in [0, 0.1) is 10.1 Å². The summed E-state index contributed by atoms with van der Waals surface area (Å²) in [7, 11) is 3.10. The Morgan fingerprint density at radius 1 is 1.69 bits per heavy atom. The van der Waals surface area contributed by atoms with Crippen LogP contribution in [-0.2, 0) is 0 Å². The molecule has 0 aliphatic carbocycles. The van der Waals surface area contributed by atoms with Gasteiger partial charge in [0.15, 0.2) is 0 Å². The maximum Gasteiger partial charge on any atom is 0.382 e. The number of imidazole rings is 1. The topological polar surface area (TPSA) is 81.3 Å². The first-order valence-electron chi connectivity index (χ1n) is 3.42. The predicted octanol–water partition coefficient (Wildman–Crippen LogP) is 0.321.